The van der Waals surface area contributed by atoms with Gasteiger partial charge in [0, 0.05) is 30.6 Å². The minimum Gasteiger partial charge on any atom is -0.344 e. The van der Waals surface area contributed by atoms with Crippen LogP contribution in [0.25, 0.3) is 5.52 Å². The fourth-order valence-electron chi connectivity index (χ4n) is 3.89. The molecule has 20 heavy (non-hydrogen) atoms. The van der Waals surface area contributed by atoms with Gasteiger partial charge in [-0.2, -0.15) is 5.10 Å². The van der Waals surface area contributed by atoms with Gasteiger partial charge in [0.1, 0.15) is 0 Å². The van der Waals surface area contributed by atoms with Crippen LogP contribution in [0.4, 0.5) is 0 Å². The number of rotatable bonds is 2. The van der Waals surface area contributed by atoms with E-state index in [1.54, 1.807) is 0 Å². The van der Waals surface area contributed by atoms with Gasteiger partial charge in [-0.05, 0) is 43.9 Å². The maximum Gasteiger partial charge on any atom is 0.209 e. The molecule has 0 N–H and O–H groups in total. The predicted molar refractivity (Wildman–Crippen MR) is 76.5 cm³/mol. The Morgan fingerprint density at radius 1 is 1.25 bits per heavy atom. The SMILES string of the molecule is O=CN1CC2(CCC(c3cc4ccccn4n3)CC2)C1. The van der Waals surface area contributed by atoms with Crippen LogP contribution in [0, 0.1) is 5.41 Å². The van der Waals surface area contributed by atoms with E-state index in [1.807, 2.05) is 21.7 Å². The Kier molecular flexibility index (Phi) is 2.59. The third-order valence-electron chi connectivity index (χ3n) is 5.08. The summed E-state index contributed by atoms with van der Waals surface area (Å²) < 4.78 is 1.97. The number of carbonyl (C=O) groups is 1. The smallest absolute Gasteiger partial charge is 0.209 e. The molecule has 0 bridgehead atoms. The molecule has 2 aromatic heterocycles. The Hall–Kier alpha value is -1.84. The molecule has 0 atom stereocenters. The number of aromatic nitrogens is 2. The Morgan fingerprint density at radius 2 is 2.05 bits per heavy atom. The van der Waals surface area contributed by atoms with Gasteiger partial charge in [-0.3, -0.25) is 4.79 Å². The minimum atomic E-state index is 0.427. The second-order valence-electron chi connectivity index (χ2n) is 6.42. The van der Waals surface area contributed by atoms with Crippen molar-refractivity contribution < 1.29 is 4.79 Å². The number of likely N-dealkylation sites (tertiary alicyclic amines) is 1. The third kappa shape index (κ3) is 1.82. The van der Waals surface area contributed by atoms with E-state index < -0.39 is 0 Å². The van der Waals surface area contributed by atoms with Crippen molar-refractivity contribution in [3.63, 3.8) is 0 Å². The van der Waals surface area contributed by atoms with Crippen molar-refractivity contribution >= 4 is 11.9 Å². The van der Waals surface area contributed by atoms with E-state index >= 15 is 0 Å². The van der Waals surface area contributed by atoms with E-state index in [1.165, 1.54) is 36.9 Å². The summed E-state index contributed by atoms with van der Waals surface area (Å²) in [6.45, 7) is 1.93. The maximum atomic E-state index is 10.7. The zero-order valence-corrected chi connectivity index (χ0v) is 11.5. The Morgan fingerprint density at radius 3 is 2.75 bits per heavy atom. The van der Waals surface area contributed by atoms with E-state index in [2.05, 4.69) is 18.2 Å². The molecule has 1 saturated heterocycles. The fraction of sp³-hybridized carbons (Fsp3) is 0.500. The molecule has 1 aliphatic heterocycles. The molecule has 2 aliphatic rings. The summed E-state index contributed by atoms with van der Waals surface area (Å²) in [5, 5.41) is 4.71. The lowest BCUT2D eigenvalue weighted by molar-refractivity contribution is -0.131. The average molecular weight is 269 g/mol. The standard InChI is InChI=1S/C16H19N3O/c20-12-18-10-16(11-18)6-4-13(5-7-16)15-9-14-3-1-2-8-19(14)17-15/h1-3,8-9,12-13H,4-7,10-11H2. The van der Waals surface area contributed by atoms with E-state index in [9.17, 15) is 4.79 Å². The molecule has 1 amide bonds. The lowest BCUT2D eigenvalue weighted by Gasteiger charge is -2.52. The summed E-state index contributed by atoms with van der Waals surface area (Å²) in [5.74, 6) is 0.589. The van der Waals surface area contributed by atoms with Crippen molar-refractivity contribution in [1.29, 1.82) is 0 Å². The van der Waals surface area contributed by atoms with E-state index in [4.69, 9.17) is 5.10 Å². The number of fused-ring (bicyclic) bond motifs is 1. The second kappa shape index (κ2) is 4.33. The highest BCUT2D eigenvalue weighted by molar-refractivity contribution is 5.50. The van der Waals surface area contributed by atoms with E-state index in [-0.39, 0.29) is 0 Å². The summed E-state index contributed by atoms with van der Waals surface area (Å²) in [6, 6.07) is 8.40. The molecule has 2 aromatic rings. The molecule has 104 valence electrons. The van der Waals surface area contributed by atoms with Gasteiger partial charge in [-0.1, -0.05) is 6.07 Å². The fourth-order valence-corrected chi connectivity index (χ4v) is 3.89. The molecule has 0 aromatic carbocycles. The minimum absolute atomic E-state index is 0.427. The summed E-state index contributed by atoms with van der Waals surface area (Å²) in [7, 11) is 0. The number of nitrogens with zero attached hydrogens (tertiary/aromatic N) is 3. The quantitative estimate of drug-likeness (QED) is 0.785. The van der Waals surface area contributed by atoms with Gasteiger partial charge in [0.05, 0.1) is 11.2 Å². The molecule has 4 nitrogen and oxygen atoms in total. The van der Waals surface area contributed by atoms with Crippen LogP contribution in [-0.4, -0.2) is 34.0 Å². The topological polar surface area (TPSA) is 37.6 Å². The molecule has 0 radical (unpaired) electrons. The van der Waals surface area contributed by atoms with Crippen LogP contribution in [0.2, 0.25) is 0 Å². The van der Waals surface area contributed by atoms with Crippen molar-refractivity contribution in [2.75, 3.05) is 13.1 Å². The molecule has 3 heterocycles. The number of hydrogen-bond donors (Lipinski definition) is 0. The Labute approximate surface area is 118 Å². The van der Waals surface area contributed by atoms with Gasteiger partial charge in [0.15, 0.2) is 0 Å². The van der Waals surface area contributed by atoms with Crippen LogP contribution in [0.5, 0.6) is 0 Å². The van der Waals surface area contributed by atoms with Gasteiger partial charge in [-0.25, -0.2) is 4.52 Å². The van der Waals surface area contributed by atoms with Gasteiger partial charge >= 0.3 is 0 Å². The molecule has 1 saturated carbocycles. The number of hydrogen-bond acceptors (Lipinski definition) is 2. The number of pyridine rings is 1. The van der Waals surface area contributed by atoms with Gasteiger partial charge < -0.3 is 4.90 Å². The van der Waals surface area contributed by atoms with Crippen LogP contribution in [0.3, 0.4) is 0 Å². The van der Waals surface area contributed by atoms with Crippen molar-refractivity contribution in [3.05, 3.63) is 36.2 Å². The van der Waals surface area contributed by atoms with E-state index in [0.717, 1.165) is 19.5 Å². The first-order valence-electron chi connectivity index (χ1n) is 7.42. The predicted octanol–water partition coefficient (Wildman–Crippen LogP) is 2.45. The first-order valence-corrected chi connectivity index (χ1v) is 7.42. The van der Waals surface area contributed by atoms with Crippen molar-refractivity contribution in [3.8, 4) is 0 Å². The van der Waals surface area contributed by atoms with Crippen LogP contribution < -0.4 is 0 Å². The van der Waals surface area contributed by atoms with Crippen LogP contribution in [0.15, 0.2) is 30.5 Å². The second-order valence-corrected chi connectivity index (χ2v) is 6.42. The summed E-state index contributed by atoms with van der Waals surface area (Å²) in [5.41, 5.74) is 2.84. The highest BCUT2D eigenvalue weighted by atomic mass is 16.1. The zero-order valence-electron chi connectivity index (χ0n) is 11.5. The molecule has 0 unspecified atom stereocenters. The zero-order chi connectivity index (χ0) is 13.6. The molecule has 4 heteroatoms. The molecule has 4 rings (SSSR count). The highest BCUT2D eigenvalue weighted by Crippen LogP contribution is 2.47. The largest absolute Gasteiger partial charge is 0.344 e. The van der Waals surface area contributed by atoms with E-state index in [0.29, 0.717) is 11.3 Å². The van der Waals surface area contributed by atoms with Crippen LogP contribution in [0.1, 0.15) is 37.3 Å². The van der Waals surface area contributed by atoms with Crippen LogP contribution in [-0.2, 0) is 4.79 Å². The number of amides is 1. The molecule has 1 aliphatic carbocycles. The first kappa shape index (κ1) is 11.9. The van der Waals surface area contributed by atoms with Gasteiger partial charge in [0.2, 0.25) is 6.41 Å². The molecule has 1 spiro atoms. The summed E-state index contributed by atoms with van der Waals surface area (Å²) >= 11 is 0. The molecular weight excluding hydrogens is 250 g/mol. The third-order valence-corrected chi connectivity index (χ3v) is 5.08. The van der Waals surface area contributed by atoms with Crippen molar-refractivity contribution in [2.45, 2.75) is 31.6 Å². The highest BCUT2D eigenvalue weighted by Gasteiger charge is 2.45. The summed E-state index contributed by atoms with van der Waals surface area (Å²) in [4.78, 5) is 12.6. The van der Waals surface area contributed by atoms with Gasteiger partial charge in [0.25, 0.3) is 0 Å². The lowest BCUT2D eigenvalue weighted by Crippen LogP contribution is -2.56. The monoisotopic (exact) mass is 269 g/mol. The lowest BCUT2D eigenvalue weighted by atomic mass is 9.65. The van der Waals surface area contributed by atoms with Crippen molar-refractivity contribution in [1.82, 2.24) is 14.5 Å². The maximum absolute atomic E-state index is 10.7. The Balaban J connectivity index is 1.48. The molecular formula is C16H19N3O. The number of carbonyl (C=O) groups excluding carboxylic acids is 1. The van der Waals surface area contributed by atoms with Crippen LogP contribution >= 0.6 is 0 Å². The Bertz CT molecular complexity index is 599. The normalized spacial score (nSPS) is 22.1. The van der Waals surface area contributed by atoms with Crippen molar-refractivity contribution in [2.24, 2.45) is 5.41 Å². The average Bonchev–Trinajstić information content (AvgIpc) is 2.88. The summed E-state index contributed by atoms with van der Waals surface area (Å²) in [6.07, 6.45) is 7.87. The van der Waals surface area contributed by atoms with Gasteiger partial charge in [-0.15, -0.1) is 0 Å². The molecule has 2 fully saturated rings. The first-order chi connectivity index (χ1) is 9.78.